The van der Waals surface area contributed by atoms with Crippen LogP contribution >= 0.6 is 0 Å². The van der Waals surface area contributed by atoms with E-state index < -0.39 is 0 Å². The number of rotatable bonds is 2. The van der Waals surface area contributed by atoms with Gasteiger partial charge in [-0.15, -0.1) is 0 Å². The highest BCUT2D eigenvalue weighted by molar-refractivity contribution is 5.51. The number of hydrogen-bond donors (Lipinski definition) is 3. The third-order valence-corrected chi connectivity index (χ3v) is 3.98. The van der Waals surface area contributed by atoms with Crippen LogP contribution in [0.25, 0.3) is 5.65 Å². The third-order valence-electron chi connectivity index (χ3n) is 3.98. The van der Waals surface area contributed by atoms with Crippen molar-refractivity contribution in [3.05, 3.63) is 22.4 Å². The van der Waals surface area contributed by atoms with Crippen LogP contribution in [0.5, 0.6) is 0 Å². The average Bonchev–Trinajstić information content (AvgIpc) is 2.74. The fraction of sp³-hybridized carbons (Fsp3) is 0.545. The summed E-state index contributed by atoms with van der Waals surface area (Å²) in [6.07, 6.45) is 0. The van der Waals surface area contributed by atoms with E-state index >= 15 is 0 Å². The molecule has 0 radical (unpaired) electrons. The van der Waals surface area contributed by atoms with E-state index in [0.29, 0.717) is 17.5 Å². The van der Waals surface area contributed by atoms with Gasteiger partial charge in [-0.05, 0) is 18.8 Å². The highest BCUT2D eigenvalue weighted by atomic mass is 16.1. The van der Waals surface area contributed by atoms with Crippen molar-refractivity contribution in [3.8, 4) is 0 Å². The van der Waals surface area contributed by atoms with Gasteiger partial charge < -0.3 is 10.6 Å². The number of hydrogen-bond acceptors (Lipinski definition) is 5. The molecule has 2 fully saturated rings. The molecule has 18 heavy (non-hydrogen) atoms. The van der Waals surface area contributed by atoms with Crippen LogP contribution in [0.2, 0.25) is 0 Å². The fourth-order valence-corrected chi connectivity index (χ4v) is 2.97. The van der Waals surface area contributed by atoms with Crippen LogP contribution in [0.15, 0.2) is 10.9 Å². The van der Waals surface area contributed by atoms with Gasteiger partial charge in [0.1, 0.15) is 11.6 Å². The lowest BCUT2D eigenvalue weighted by Gasteiger charge is -2.09. The Morgan fingerprint density at radius 1 is 1.44 bits per heavy atom. The molecule has 3 heterocycles. The van der Waals surface area contributed by atoms with Gasteiger partial charge in [-0.25, -0.2) is 19.3 Å². The Kier molecular flexibility index (Phi) is 1.86. The van der Waals surface area contributed by atoms with Crippen molar-refractivity contribution in [3.63, 3.8) is 0 Å². The molecule has 94 valence electrons. The Balaban J connectivity index is 1.67. The monoisotopic (exact) mass is 246 g/mol. The van der Waals surface area contributed by atoms with Crippen LogP contribution in [-0.4, -0.2) is 38.7 Å². The number of nitrogens with zero attached hydrogens (tertiary/aromatic N) is 3. The van der Waals surface area contributed by atoms with Gasteiger partial charge in [0, 0.05) is 25.2 Å². The molecule has 2 atom stereocenters. The molecule has 2 aromatic heterocycles. The molecule has 0 spiro atoms. The maximum atomic E-state index is 11.5. The van der Waals surface area contributed by atoms with Gasteiger partial charge >= 0.3 is 5.69 Å². The molecule has 0 bridgehead atoms. The zero-order valence-electron chi connectivity index (χ0n) is 9.97. The number of aromatic nitrogens is 4. The summed E-state index contributed by atoms with van der Waals surface area (Å²) >= 11 is 0. The average molecular weight is 246 g/mol. The number of aromatic amines is 1. The Morgan fingerprint density at radius 3 is 3.00 bits per heavy atom. The molecule has 1 aliphatic heterocycles. The normalized spacial score (nSPS) is 29.5. The summed E-state index contributed by atoms with van der Waals surface area (Å²) in [6, 6.07) is 2.33. The summed E-state index contributed by atoms with van der Waals surface area (Å²) in [6.45, 7) is 3.99. The number of H-pyrrole nitrogens is 1. The number of aryl methyl sites for hydroxylation is 1. The summed E-state index contributed by atoms with van der Waals surface area (Å²) in [7, 11) is 0. The van der Waals surface area contributed by atoms with Crippen molar-refractivity contribution in [2.75, 3.05) is 18.4 Å². The first-order valence-electron chi connectivity index (χ1n) is 6.16. The Labute approximate surface area is 103 Å². The van der Waals surface area contributed by atoms with E-state index in [0.717, 1.165) is 30.7 Å². The zero-order valence-corrected chi connectivity index (χ0v) is 9.97. The minimum absolute atomic E-state index is 0.242. The molecule has 3 N–H and O–H groups in total. The highest BCUT2D eigenvalue weighted by Crippen LogP contribution is 2.43. The predicted octanol–water partition coefficient (Wildman–Crippen LogP) is -0.644. The van der Waals surface area contributed by atoms with Crippen molar-refractivity contribution in [1.82, 2.24) is 24.9 Å². The molecular weight excluding hydrogens is 232 g/mol. The minimum atomic E-state index is -0.242. The van der Waals surface area contributed by atoms with Gasteiger partial charge in [0.2, 0.25) is 0 Å². The quantitative estimate of drug-likeness (QED) is 0.656. The molecular formula is C11H14N6O. The molecule has 7 nitrogen and oxygen atoms in total. The second-order valence-electron chi connectivity index (χ2n) is 5.07. The molecule has 1 saturated carbocycles. The van der Waals surface area contributed by atoms with Crippen LogP contribution in [0.3, 0.4) is 0 Å². The van der Waals surface area contributed by atoms with E-state index in [2.05, 4.69) is 25.8 Å². The van der Waals surface area contributed by atoms with E-state index in [1.807, 2.05) is 13.0 Å². The third kappa shape index (κ3) is 1.30. The van der Waals surface area contributed by atoms with E-state index in [-0.39, 0.29) is 5.69 Å². The lowest BCUT2D eigenvalue weighted by molar-refractivity contribution is 0.695. The lowest BCUT2D eigenvalue weighted by atomic mass is 10.4. The van der Waals surface area contributed by atoms with Crippen molar-refractivity contribution in [1.29, 1.82) is 0 Å². The van der Waals surface area contributed by atoms with Crippen LogP contribution in [0, 0.1) is 18.8 Å². The highest BCUT2D eigenvalue weighted by Gasteiger charge is 2.53. The van der Waals surface area contributed by atoms with Crippen LogP contribution in [0.1, 0.15) is 5.82 Å². The summed E-state index contributed by atoms with van der Waals surface area (Å²) in [5, 5.41) is 13.2. The zero-order chi connectivity index (χ0) is 12.3. The van der Waals surface area contributed by atoms with E-state index in [1.165, 1.54) is 4.40 Å². The Morgan fingerprint density at radius 2 is 2.22 bits per heavy atom. The Bertz CT molecular complexity index is 664. The van der Waals surface area contributed by atoms with E-state index in [9.17, 15) is 4.79 Å². The van der Waals surface area contributed by atoms with Crippen LogP contribution < -0.4 is 16.3 Å². The molecule has 2 aromatic rings. The van der Waals surface area contributed by atoms with E-state index in [1.54, 1.807) is 0 Å². The summed E-state index contributed by atoms with van der Waals surface area (Å²) in [5.41, 5.74) is 0.368. The molecule has 0 amide bonds. The topological polar surface area (TPSA) is 87.1 Å². The first-order valence-corrected chi connectivity index (χ1v) is 6.16. The van der Waals surface area contributed by atoms with E-state index in [4.69, 9.17) is 0 Å². The maximum absolute atomic E-state index is 11.5. The van der Waals surface area contributed by atoms with Crippen molar-refractivity contribution < 1.29 is 0 Å². The largest absolute Gasteiger partial charge is 0.366 e. The second-order valence-corrected chi connectivity index (χ2v) is 5.07. The van der Waals surface area contributed by atoms with Gasteiger partial charge in [-0.2, -0.15) is 5.10 Å². The number of nitrogens with one attached hydrogen (secondary N) is 3. The first-order chi connectivity index (χ1) is 8.74. The van der Waals surface area contributed by atoms with Crippen molar-refractivity contribution >= 4 is 11.5 Å². The van der Waals surface area contributed by atoms with Gasteiger partial charge in [-0.1, -0.05) is 0 Å². The maximum Gasteiger partial charge on any atom is 0.349 e. The Hall–Kier alpha value is -1.89. The first kappa shape index (κ1) is 10.1. The molecule has 2 unspecified atom stereocenters. The number of fused-ring (bicyclic) bond motifs is 2. The minimum Gasteiger partial charge on any atom is -0.366 e. The predicted molar refractivity (Wildman–Crippen MR) is 65.6 cm³/mol. The summed E-state index contributed by atoms with van der Waals surface area (Å²) in [4.78, 5) is 15.9. The molecule has 2 aliphatic rings. The van der Waals surface area contributed by atoms with Gasteiger partial charge in [0.15, 0.2) is 5.65 Å². The van der Waals surface area contributed by atoms with Gasteiger partial charge in [-0.3, -0.25) is 0 Å². The summed E-state index contributed by atoms with van der Waals surface area (Å²) in [5.74, 6) is 2.91. The fourth-order valence-electron chi connectivity index (χ4n) is 2.97. The van der Waals surface area contributed by atoms with Gasteiger partial charge in [0.25, 0.3) is 0 Å². The molecule has 7 heteroatoms. The SMILES string of the molecule is Cc1nc(NC2C3CNCC32)cc2n[nH]c(=O)n12. The number of piperidine rings is 1. The molecule has 4 rings (SSSR count). The van der Waals surface area contributed by atoms with Crippen LogP contribution in [0.4, 0.5) is 5.82 Å². The molecule has 1 aliphatic carbocycles. The number of anilines is 1. The van der Waals surface area contributed by atoms with Gasteiger partial charge in [0.05, 0.1) is 0 Å². The van der Waals surface area contributed by atoms with Crippen molar-refractivity contribution in [2.45, 2.75) is 13.0 Å². The molecule has 0 aromatic carbocycles. The smallest absolute Gasteiger partial charge is 0.349 e. The standard InChI is InChI=1S/C11H14N6O/c1-5-13-8(2-9-15-16-11(18)17(5)9)14-10-6-3-12-4-7(6)10/h2,6-7,10,12,14H,3-4H2,1H3,(H,16,18). The van der Waals surface area contributed by atoms with Crippen molar-refractivity contribution in [2.24, 2.45) is 11.8 Å². The molecule has 1 saturated heterocycles. The second kappa shape index (κ2) is 3.32. The van der Waals surface area contributed by atoms with Crippen LogP contribution in [-0.2, 0) is 0 Å². The lowest BCUT2D eigenvalue weighted by Crippen LogP contribution is -2.22. The summed E-state index contributed by atoms with van der Waals surface area (Å²) < 4.78 is 1.47.